The van der Waals surface area contributed by atoms with Gasteiger partial charge in [0.1, 0.15) is 16.9 Å². The number of halogens is 1. The summed E-state index contributed by atoms with van der Waals surface area (Å²) in [7, 11) is 1.83. The normalized spacial score (nSPS) is 13.3. The topological polar surface area (TPSA) is 131 Å². The Balaban J connectivity index is 1.65. The van der Waals surface area contributed by atoms with Crippen LogP contribution in [-0.4, -0.2) is 39.8 Å². The minimum absolute atomic E-state index is 0.0171. The summed E-state index contributed by atoms with van der Waals surface area (Å²) in [6, 6.07) is 7.46. The Morgan fingerprint density at radius 3 is 2.73 bits per heavy atom. The zero-order valence-corrected chi connectivity index (χ0v) is 18.0. The second kappa shape index (κ2) is 7.75. The van der Waals surface area contributed by atoms with Crippen molar-refractivity contribution in [1.82, 2.24) is 34.7 Å². The second-order valence-corrected chi connectivity index (χ2v) is 7.78. The number of aromatic nitrogens is 7. The molecule has 0 fully saturated rings. The maximum Gasteiger partial charge on any atom is 0.220 e. The van der Waals surface area contributed by atoms with Gasteiger partial charge in [0, 0.05) is 30.6 Å². The zero-order valence-electron chi connectivity index (χ0n) is 18.0. The van der Waals surface area contributed by atoms with E-state index in [1.54, 1.807) is 48.4 Å². The highest BCUT2D eigenvalue weighted by Gasteiger charge is 2.33. The van der Waals surface area contributed by atoms with Gasteiger partial charge < -0.3 is 15.8 Å². The van der Waals surface area contributed by atoms with Crippen LogP contribution in [0.2, 0.25) is 0 Å². The van der Waals surface area contributed by atoms with E-state index in [0.717, 1.165) is 5.56 Å². The van der Waals surface area contributed by atoms with Gasteiger partial charge in [0.25, 0.3) is 0 Å². The number of rotatable bonds is 5. The molecule has 0 saturated carbocycles. The number of H-pyrrole nitrogens is 1. The maximum absolute atomic E-state index is 13.9. The minimum Gasteiger partial charge on any atom is -0.379 e. The Hall–Kier alpha value is -4.18. The van der Waals surface area contributed by atoms with Crippen LogP contribution in [0, 0.1) is 5.82 Å². The van der Waals surface area contributed by atoms with Crippen molar-refractivity contribution in [3.63, 3.8) is 0 Å². The predicted octanol–water partition coefficient (Wildman–Crippen LogP) is 3.18. The molecule has 0 aliphatic carbocycles. The van der Waals surface area contributed by atoms with Crippen LogP contribution in [0.1, 0.15) is 24.6 Å². The van der Waals surface area contributed by atoms with Crippen molar-refractivity contribution in [1.29, 1.82) is 0 Å². The van der Waals surface area contributed by atoms with Gasteiger partial charge in [0.15, 0.2) is 5.65 Å². The molecule has 1 aromatic carbocycles. The van der Waals surface area contributed by atoms with E-state index < -0.39 is 11.4 Å². The lowest BCUT2D eigenvalue weighted by Gasteiger charge is -2.27. The Morgan fingerprint density at radius 2 is 2.00 bits per heavy atom. The van der Waals surface area contributed by atoms with Crippen LogP contribution in [0.5, 0.6) is 0 Å². The SMILES string of the molecule is CC[C@@](O)(c1cccc(F)c1)c1cc(-c2c[nH]c3ncc(-c4cnn(C)c4)nc23)nc(N)n1. The molecule has 0 bridgehead atoms. The molecule has 10 heteroatoms. The van der Waals surface area contributed by atoms with E-state index in [1.165, 1.54) is 12.1 Å². The average Bonchev–Trinajstić information content (AvgIpc) is 3.44. The van der Waals surface area contributed by atoms with E-state index >= 15 is 0 Å². The largest absolute Gasteiger partial charge is 0.379 e. The molecule has 9 nitrogen and oxygen atoms in total. The molecule has 0 radical (unpaired) electrons. The van der Waals surface area contributed by atoms with E-state index in [0.29, 0.717) is 33.7 Å². The molecule has 0 aliphatic rings. The van der Waals surface area contributed by atoms with Crippen LogP contribution in [0.3, 0.4) is 0 Å². The first kappa shape index (κ1) is 20.7. The van der Waals surface area contributed by atoms with E-state index in [9.17, 15) is 9.50 Å². The van der Waals surface area contributed by atoms with E-state index in [1.807, 2.05) is 13.2 Å². The number of hydrogen-bond acceptors (Lipinski definition) is 7. The third-order valence-electron chi connectivity index (χ3n) is 5.64. The van der Waals surface area contributed by atoms with E-state index in [-0.39, 0.29) is 18.1 Å². The van der Waals surface area contributed by atoms with Crippen molar-refractivity contribution in [3.8, 4) is 22.5 Å². The molecule has 0 amide bonds. The number of aliphatic hydroxyl groups is 1. The van der Waals surface area contributed by atoms with Gasteiger partial charge in [0.05, 0.1) is 29.5 Å². The molecule has 0 unspecified atom stereocenters. The molecular weight excluding hydrogens is 423 g/mol. The Labute approximate surface area is 188 Å². The summed E-state index contributed by atoms with van der Waals surface area (Å²) in [5, 5.41) is 15.7. The minimum atomic E-state index is -1.55. The fourth-order valence-electron chi connectivity index (χ4n) is 3.87. The molecule has 166 valence electrons. The molecule has 33 heavy (non-hydrogen) atoms. The van der Waals surface area contributed by atoms with Crippen LogP contribution in [0.4, 0.5) is 10.3 Å². The number of nitrogen functional groups attached to an aromatic ring is 1. The van der Waals surface area contributed by atoms with Crippen molar-refractivity contribution in [2.24, 2.45) is 7.05 Å². The van der Waals surface area contributed by atoms with Crippen LogP contribution in [-0.2, 0) is 12.6 Å². The van der Waals surface area contributed by atoms with Crippen LogP contribution >= 0.6 is 0 Å². The molecule has 5 aromatic rings. The summed E-state index contributed by atoms with van der Waals surface area (Å²) in [5.41, 5.74) is 8.89. The zero-order chi connectivity index (χ0) is 23.2. The Morgan fingerprint density at radius 1 is 1.15 bits per heavy atom. The highest BCUT2D eigenvalue weighted by Crippen LogP contribution is 2.35. The predicted molar refractivity (Wildman–Crippen MR) is 121 cm³/mol. The van der Waals surface area contributed by atoms with Gasteiger partial charge in [-0.1, -0.05) is 19.1 Å². The van der Waals surface area contributed by atoms with Gasteiger partial charge in [0.2, 0.25) is 5.95 Å². The summed E-state index contributed by atoms with van der Waals surface area (Å²) >= 11 is 0. The number of nitrogens with zero attached hydrogens (tertiary/aromatic N) is 6. The van der Waals surface area contributed by atoms with Crippen molar-refractivity contribution in [2.45, 2.75) is 18.9 Å². The van der Waals surface area contributed by atoms with Gasteiger partial charge in [-0.05, 0) is 30.2 Å². The monoisotopic (exact) mass is 444 g/mol. The average molecular weight is 444 g/mol. The highest BCUT2D eigenvalue weighted by atomic mass is 19.1. The summed E-state index contributed by atoms with van der Waals surface area (Å²) in [4.78, 5) is 20.9. The summed E-state index contributed by atoms with van der Waals surface area (Å²) in [5.74, 6) is -0.465. The standard InChI is InChI=1S/C23H21FN8O/c1-3-23(33,14-5-4-6-15(24)7-14)19-8-17(30-22(25)31-19)16-10-26-21-20(16)29-18(11-27-21)13-9-28-32(2)12-13/h4-12,33H,3H2,1-2H3,(H,26,27)(H2,25,30,31)/t23-/m1/s1. The number of benzene rings is 1. The fourth-order valence-corrected chi connectivity index (χ4v) is 3.87. The number of nitrogens with one attached hydrogen (secondary N) is 1. The van der Waals surface area contributed by atoms with Crippen LogP contribution in [0.25, 0.3) is 33.7 Å². The Kier molecular flexibility index (Phi) is 4.86. The van der Waals surface area contributed by atoms with Crippen molar-refractivity contribution < 1.29 is 9.50 Å². The maximum atomic E-state index is 13.9. The molecular formula is C23H21FN8O. The number of anilines is 1. The summed E-state index contributed by atoms with van der Waals surface area (Å²) in [6.07, 6.45) is 7.22. The van der Waals surface area contributed by atoms with Gasteiger partial charge in [-0.25, -0.2) is 24.3 Å². The molecule has 0 spiro atoms. The number of hydrogen-bond donors (Lipinski definition) is 3. The fraction of sp³-hybridized carbons (Fsp3) is 0.174. The number of fused-ring (bicyclic) bond motifs is 1. The lowest BCUT2D eigenvalue weighted by atomic mass is 9.87. The molecule has 4 aromatic heterocycles. The second-order valence-electron chi connectivity index (χ2n) is 7.78. The lowest BCUT2D eigenvalue weighted by molar-refractivity contribution is 0.0716. The molecule has 0 saturated heterocycles. The lowest BCUT2D eigenvalue weighted by Crippen LogP contribution is -2.28. The van der Waals surface area contributed by atoms with Gasteiger partial charge >= 0.3 is 0 Å². The number of aryl methyl sites for hydroxylation is 1. The highest BCUT2D eigenvalue weighted by molar-refractivity contribution is 5.90. The summed E-state index contributed by atoms with van der Waals surface area (Å²) < 4.78 is 15.6. The van der Waals surface area contributed by atoms with Crippen LogP contribution in [0.15, 0.2) is 55.1 Å². The van der Waals surface area contributed by atoms with Crippen molar-refractivity contribution in [3.05, 3.63) is 72.2 Å². The first-order valence-electron chi connectivity index (χ1n) is 10.3. The van der Waals surface area contributed by atoms with E-state index in [4.69, 9.17) is 10.7 Å². The Bertz CT molecular complexity index is 1480. The summed E-state index contributed by atoms with van der Waals surface area (Å²) in [6.45, 7) is 1.79. The van der Waals surface area contributed by atoms with E-state index in [2.05, 4.69) is 25.0 Å². The third kappa shape index (κ3) is 3.60. The number of aromatic amines is 1. The number of nitrogens with two attached hydrogens (primary N) is 1. The van der Waals surface area contributed by atoms with Gasteiger partial charge in [-0.3, -0.25) is 4.68 Å². The third-order valence-corrected chi connectivity index (χ3v) is 5.64. The molecule has 5 rings (SSSR count). The van der Waals surface area contributed by atoms with Crippen molar-refractivity contribution in [2.75, 3.05) is 5.73 Å². The van der Waals surface area contributed by atoms with Gasteiger partial charge in [-0.2, -0.15) is 5.10 Å². The first-order chi connectivity index (χ1) is 15.9. The smallest absolute Gasteiger partial charge is 0.220 e. The van der Waals surface area contributed by atoms with Crippen molar-refractivity contribution >= 4 is 17.1 Å². The molecule has 1 atom stereocenters. The van der Waals surface area contributed by atoms with Gasteiger partial charge in [-0.15, -0.1) is 0 Å². The first-order valence-corrected chi connectivity index (χ1v) is 10.3. The molecule has 0 aliphatic heterocycles. The quantitative estimate of drug-likeness (QED) is 0.379. The van der Waals surface area contributed by atoms with Crippen LogP contribution < -0.4 is 5.73 Å². The molecule has 4 heterocycles. The molecule has 4 N–H and O–H groups in total.